The zero-order valence-corrected chi connectivity index (χ0v) is 13.0. The topological polar surface area (TPSA) is 26.0 Å². The average Bonchev–Trinajstić information content (AvgIpc) is 3.11. The quantitative estimate of drug-likeness (QED) is 0.922. The molecule has 2 atom stereocenters. The second-order valence-corrected chi connectivity index (χ2v) is 7.45. The first-order valence-electron chi connectivity index (χ1n) is 7.83. The van der Waals surface area contributed by atoms with Crippen molar-refractivity contribution in [3.63, 3.8) is 0 Å². The van der Waals surface area contributed by atoms with Crippen LogP contribution in [0.5, 0.6) is 0 Å². The predicted molar refractivity (Wildman–Crippen MR) is 90.0 cm³/mol. The third kappa shape index (κ3) is 2.13. The lowest BCUT2D eigenvalue weighted by Crippen LogP contribution is -2.34. The first-order valence-corrected chi connectivity index (χ1v) is 8.81. The van der Waals surface area contributed by atoms with Gasteiger partial charge in [-0.05, 0) is 47.9 Å². The van der Waals surface area contributed by atoms with E-state index in [1.54, 1.807) is 5.56 Å². The summed E-state index contributed by atoms with van der Waals surface area (Å²) >= 11 is 2.01. The number of thioether (sulfide) groups is 1. The predicted octanol–water partition coefficient (Wildman–Crippen LogP) is 4.11. The summed E-state index contributed by atoms with van der Waals surface area (Å²) < 4.78 is 0. The highest BCUT2D eigenvalue weighted by molar-refractivity contribution is 7.99. The van der Waals surface area contributed by atoms with Crippen LogP contribution in [-0.2, 0) is 11.8 Å². The van der Waals surface area contributed by atoms with Crippen molar-refractivity contribution < 1.29 is 0 Å². The van der Waals surface area contributed by atoms with Crippen LogP contribution in [0.1, 0.15) is 35.4 Å². The molecule has 1 heterocycles. The molecule has 0 saturated carbocycles. The van der Waals surface area contributed by atoms with E-state index in [0.29, 0.717) is 5.92 Å². The van der Waals surface area contributed by atoms with Crippen molar-refractivity contribution in [2.75, 3.05) is 12.3 Å². The third-order valence-electron chi connectivity index (χ3n) is 5.29. The Morgan fingerprint density at radius 1 is 1.10 bits per heavy atom. The van der Waals surface area contributed by atoms with Gasteiger partial charge in [0.05, 0.1) is 0 Å². The van der Waals surface area contributed by atoms with Crippen molar-refractivity contribution in [1.29, 1.82) is 0 Å². The highest BCUT2D eigenvalue weighted by atomic mass is 32.2. The van der Waals surface area contributed by atoms with Gasteiger partial charge in [0.25, 0.3) is 0 Å². The Morgan fingerprint density at radius 2 is 1.90 bits per heavy atom. The van der Waals surface area contributed by atoms with Crippen LogP contribution in [0.2, 0.25) is 0 Å². The molecule has 0 fully saturated rings. The summed E-state index contributed by atoms with van der Waals surface area (Å²) in [5.74, 6) is 1.87. The van der Waals surface area contributed by atoms with Crippen molar-refractivity contribution in [2.45, 2.75) is 35.5 Å². The van der Waals surface area contributed by atoms with E-state index in [0.717, 1.165) is 6.54 Å². The molecule has 2 aromatic carbocycles. The third-order valence-corrected chi connectivity index (χ3v) is 6.54. The van der Waals surface area contributed by atoms with E-state index in [4.69, 9.17) is 5.73 Å². The first-order chi connectivity index (χ1) is 10.3. The lowest BCUT2D eigenvalue weighted by atomic mass is 9.73. The molecule has 0 aromatic heterocycles. The maximum absolute atomic E-state index is 6.27. The number of benzene rings is 2. The van der Waals surface area contributed by atoms with Gasteiger partial charge < -0.3 is 5.73 Å². The van der Waals surface area contributed by atoms with Crippen LogP contribution in [-0.4, -0.2) is 12.3 Å². The van der Waals surface area contributed by atoms with Crippen LogP contribution in [0.4, 0.5) is 0 Å². The standard InChI is InChI=1S/C19H21NS/c20-13-19(10-9-14-5-1-3-7-17(14)19)11-15-12-21-18-8-4-2-6-16(15)18/h1-8,15H,9-13,20H2. The van der Waals surface area contributed by atoms with Crippen LogP contribution < -0.4 is 5.73 Å². The molecule has 0 spiro atoms. The number of hydrogen-bond donors (Lipinski definition) is 1. The molecule has 0 radical (unpaired) electrons. The van der Waals surface area contributed by atoms with Gasteiger partial charge in [-0.15, -0.1) is 11.8 Å². The van der Waals surface area contributed by atoms with Crippen molar-refractivity contribution in [3.05, 3.63) is 65.2 Å². The monoisotopic (exact) mass is 295 g/mol. The number of nitrogens with two attached hydrogens (primary N) is 1. The normalized spacial score (nSPS) is 26.6. The molecule has 0 bridgehead atoms. The molecule has 2 aliphatic rings. The Morgan fingerprint density at radius 3 is 2.81 bits per heavy atom. The summed E-state index contributed by atoms with van der Waals surface area (Å²) in [6.07, 6.45) is 3.60. The minimum absolute atomic E-state index is 0.194. The fourth-order valence-corrected chi connectivity index (χ4v) is 5.40. The maximum Gasteiger partial charge on any atom is 0.0107 e. The second kappa shape index (κ2) is 5.19. The molecule has 2 heteroatoms. The van der Waals surface area contributed by atoms with Crippen molar-refractivity contribution in [2.24, 2.45) is 5.73 Å². The number of fused-ring (bicyclic) bond motifs is 2. The molecular formula is C19H21NS. The van der Waals surface area contributed by atoms with E-state index in [9.17, 15) is 0 Å². The van der Waals surface area contributed by atoms with Gasteiger partial charge in [-0.25, -0.2) is 0 Å². The van der Waals surface area contributed by atoms with Gasteiger partial charge in [0, 0.05) is 22.6 Å². The minimum atomic E-state index is 0.194. The van der Waals surface area contributed by atoms with E-state index in [-0.39, 0.29) is 5.41 Å². The minimum Gasteiger partial charge on any atom is -0.330 e. The zero-order chi connectivity index (χ0) is 14.3. The highest BCUT2D eigenvalue weighted by Gasteiger charge is 2.40. The van der Waals surface area contributed by atoms with Crippen LogP contribution >= 0.6 is 11.8 Å². The fraction of sp³-hybridized carbons (Fsp3) is 0.368. The first kappa shape index (κ1) is 13.4. The van der Waals surface area contributed by atoms with Crippen molar-refractivity contribution in [1.82, 2.24) is 0 Å². The molecule has 1 aliphatic heterocycles. The van der Waals surface area contributed by atoms with Gasteiger partial charge in [0.2, 0.25) is 0 Å². The van der Waals surface area contributed by atoms with Gasteiger partial charge in [0.15, 0.2) is 0 Å². The van der Waals surface area contributed by atoms with Crippen LogP contribution in [0.25, 0.3) is 0 Å². The van der Waals surface area contributed by atoms with E-state index < -0.39 is 0 Å². The zero-order valence-electron chi connectivity index (χ0n) is 12.2. The molecule has 0 saturated heterocycles. The molecule has 2 unspecified atom stereocenters. The summed E-state index contributed by atoms with van der Waals surface area (Å²) in [6, 6.07) is 17.8. The van der Waals surface area contributed by atoms with Gasteiger partial charge in [-0.3, -0.25) is 0 Å². The Labute approximate surface area is 130 Å². The smallest absolute Gasteiger partial charge is 0.0107 e. The molecule has 21 heavy (non-hydrogen) atoms. The van der Waals surface area contributed by atoms with Crippen LogP contribution in [0.3, 0.4) is 0 Å². The number of aryl methyl sites for hydroxylation is 1. The molecule has 0 amide bonds. The Kier molecular flexibility index (Phi) is 3.31. The van der Waals surface area contributed by atoms with Crippen molar-refractivity contribution in [3.8, 4) is 0 Å². The molecular weight excluding hydrogens is 274 g/mol. The maximum atomic E-state index is 6.27. The van der Waals surface area contributed by atoms with E-state index >= 15 is 0 Å². The van der Waals surface area contributed by atoms with Gasteiger partial charge in [-0.2, -0.15) is 0 Å². The van der Waals surface area contributed by atoms with Gasteiger partial charge in [-0.1, -0.05) is 42.5 Å². The molecule has 1 aliphatic carbocycles. The summed E-state index contributed by atoms with van der Waals surface area (Å²) in [5.41, 5.74) is 11.0. The largest absolute Gasteiger partial charge is 0.330 e. The number of hydrogen-bond acceptors (Lipinski definition) is 2. The number of rotatable bonds is 3. The van der Waals surface area contributed by atoms with E-state index in [1.165, 1.54) is 41.0 Å². The van der Waals surface area contributed by atoms with Crippen LogP contribution in [0, 0.1) is 0 Å². The average molecular weight is 295 g/mol. The molecule has 108 valence electrons. The van der Waals surface area contributed by atoms with Gasteiger partial charge >= 0.3 is 0 Å². The molecule has 2 N–H and O–H groups in total. The summed E-state index contributed by atoms with van der Waals surface area (Å²) in [6.45, 7) is 0.771. The van der Waals surface area contributed by atoms with Crippen LogP contribution in [0.15, 0.2) is 53.4 Å². The van der Waals surface area contributed by atoms with E-state index in [1.807, 2.05) is 11.8 Å². The summed E-state index contributed by atoms with van der Waals surface area (Å²) in [5, 5.41) is 0. The molecule has 2 aromatic rings. The van der Waals surface area contributed by atoms with E-state index in [2.05, 4.69) is 48.5 Å². The summed E-state index contributed by atoms with van der Waals surface area (Å²) in [7, 11) is 0. The van der Waals surface area contributed by atoms with Gasteiger partial charge in [0.1, 0.15) is 0 Å². The SMILES string of the molecule is NCC1(CC2CSc3ccccc32)CCc2ccccc21. The Hall–Kier alpha value is -1.25. The Bertz CT molecular complexity index is 666. The second-order valence-electron chi connectivity index (χ2n) is 6.39. The molecule has 4 rings (SSSR count). The highest BCUT2D eigenvalue weighted by Crippen LogP contribution is 2.49. The summed E-state index contributed by atoms with van der Waals surface area (Å²) in [4.78, 5) is 1.47. The fourth-order valence-electron chi connectivity index (χ4n) is 4.14. The lowest BCUT2D eigenvalue weighted by Gasteiger charge is -2.32. The Balaban J connectivity index is 1.68. The lowest BCUT2D eigenvalue weighted by molar-refractivity contribution is 0.376. The van der Waals surface area contributed by atoms with Crippen molar-refractivity contribution >= 4 is 11.8 Å². The molecule has 1 nitrogen and oxygen atoms in total.